The fourth-order valence-electron chi connectivity index (χ4n) is 8.57. The zero-order valence-corrected chi connectivity index (χ0v) is 47.8. The number of aliphatic hydroxyl groups is 5. The molecule has 8 unspecified atom stereocenters. The van der Waals surface area contributed by atoms with Gasteiger partial charge in [-0.25, -0.2) is 0 Å². The van der Waals surface area contributed by atoms with Gasteiger partial charge in [-0.15, -0.1) is 0 Å². The van der Waals surface area contributed by atoms with E-state index < -0.39 is 67.4 Å². The first-order chi connectivity index (χ1) is 37.2. The van der Waals surface area contributed by atoms with E-state index in [1.807, 2.05) is 18.2 Å². The molecule has 0 aromatic rings. The number of nitrogens with one attached hydrogen (secondary N) is 1. The molecule has 0 aliphatic carbocycles. The fraction of sp³-hybridized carbons (Fsp3) is 0.692. The van der Waals surface area contributed by atoms with Crippen LogP contribution in [0.25, 0.3) is 0 Å². The van der Waals surface area contributed by atoms with Crippen molar-refractivity contribution in [2.24, 2.45) is 0 Å². The Hall–Kier alpha value is -3.68. The second-order valence-corrected chi connectivity index (χ2v) is 20.4. The zero-order chi connectivity index (χ0) is 55.4. The maximum Gasteiger partial charge on any atom is 0.306 e. The van der Waals surface area contributed by atoms with E-state index in [9.17, 15) is 35.1 Å². The lowest BCUT2D eigenvalue weighted by Gasteiger charge is -2.41. The van der Waals surface area contributed by atoms with Gasteiger partial charge in [0.15, 0.2) is 12.4 Å². The molecule has 8 atom stereocenters. The molecule has 0 bridgehead atoms. The van der Waals surface area contributed by atoms with E-state index >= 15 is 0 Å². The average molecular weight is 1060 g/mol. The Balaban J connectivity index is 2.78. The normalized spacial score (nSPS) is 19.9. The Labute approximate surface area is 462 Å². The minimum Gasteiger partial charge on any atom is -0.454 e. The van der Waals surface area contributed by atoms with Gasteiger partial charge in [0.25, 0.3) is 0 Å². The molecule has 6 N–H and O–H groups in total. The molecule has 0 spiro atoms. The molecule has 1 amide bonds. The lowest BCUT2D eigenvalue weighted by atomic mass is 9.99. The third kappa shape index (κ3) is 39.6. The van der Waals surface area contributed by atoms with E-state index in [2.05, 4.69) is 111 Å². The van der Waals surface area contributed by atoms with Crippen molar-refractivity contribution in [1.82, 2.24) is 5.32 Å². The number of rotatable bonds is 49. The minimum atomic E-state index is -1.65. The first-order valence-corrected chi connectivity index (χ1v) is 30.2. The summed E-state index contributed by atoms with van der Waals surface area (Å²) in [6.45, 7) is 5.66. The first kappa shape index (κ1) is 70.3. The minimum absolute atomic E-state index is 0.0379. The van der Waals surface area contributed by atoms with E-state index in [4.69, 9.17) is 14.2 Å². The third-order valence-corrected chi connectivity index (χ3v) is 13.4. The maximum absolute atomic E-state index is 13.4. The average Bonchev–Trinajstić information content (AvgIpc) is 3.42. The van der Waals surface area contributed by atoms with E-state index in [0.29, 0.717) is 19.3 Å². The third-order valence-electron chi connectivity index (χ3n) is 13.4. The molecule has 1 fully saturated rings. The summed E-state index contributed by atoms with van der Waals surface area (Å²) < 4.78 is 17.5. The molecule has 76 heavy (non-hydrogen) atoms. The van der Waals surface area contributed by atoms with Crippen LogP contribution in [0.4, 0.5) is 0 Å². The molecule has 0 aromatic carbocycles. The van der Waals surface area contributed by atoms with Crippen LogP contribution in [0.2, 0.25) is 0 Å². The molecule has 11 heteroatoms. The molecule has 0 saturated carbocycles. The van der Waals surface area contributed by atoms with Crippen LogP contribution in [0.5, 0.6) is 0 Å². The standard InChI is InChI=1S/C65H109NO10/c1-4-7-10-13-16-19-22-25-27-29-31-32-34-37-40-43-46-49-52-58(69)64(73)66-56(57(68)51-48-45-42-39-36-24-21-18-15-12-9-6-3)55-74-65-63(62(72)61(71)59(54-67)75-65)76-60(70)53-50-47-44-41-38-35-33-30-28-26-23-20-17-14-11-8-5-2/h16-17,19-20,25-28,31-33,35,37,40-41,44,48,51,56-59,61-63,65,67-69,71-72H,4-15,18,21-24,29-30,34,36,38-39,42-43,45-47,49-50,52-55H2,1-3H3,(H,66,73)/b19-16-,20-17-,27-25-,28-26-,32-31-,35-33-,40-37-,44-41-,51-48+. The van der Waals surface area contributed by atoms with Crippen molar-refractivity contribution >= 4 is 11.9 Å². The summed E-state index contributed by atoms with van der Waals surface area (Å²) in [7, 11) is 0. The zero-order valence-electron chi connectivity index (χ0n) is 47.8. The van der Waals surface area contributed by atoms with Crippen LogP contribution < -0.4 is 5.32 Å². The van der Waals surface area contributed by atoms with Crippen LogP contribution in [-0.4, -0.2) is 99.6 Å². The van der Waals surface area contributed by atoms with E-state index in [0.717, 1.165) is 89.9 Å². The predicted molar refractivity (Wildman–Crippen MR) is 315 cm³/mol. The molecule has 0 radical (unpaired) electrons. The van der Waals surface area contributed by atoms with Crippen molar-refractivity contribution in [2.45, 2.75) is 275 Å². The van der Waals surface area contributed by atoms with Crippen LogP contribution in [-0.2, 0) is 23.8 Å². The second kappa shape index (κ2) is 52.0. The lowest BCUT2D eigenvalue weighted by molar-refractivity contribution is -0.305. The Bertz CT molecular complexity index is 1650. The smallest absolute Gasteiger partial charge is 0.306 e. The van der Waals surface area contributed by atoms with Gasteiger partial charge < -0.3 is 45.1 Å². The highest BCUT2D eigenvalue weighted by Crippen LogP contribution is 2.26. The van der Waals surface area contributed by atoms with Crippen molar-refractivity contribution in [3.05, 3.63) is 109 Å². The number of allylic oxidation sites excluding steroid dienone is 17. The van der Waals surface area contributed by atoms with Gasteiger partial charge in [0, 0.05) is 6.42 Å². The van der Waals surface area contributed by atoms with E-state index in [1.54, 1.807) is 6.08 Å². The number of hydrogen-bond acceptors (Lipinski definition) is 10. The summed E-state index contributed by atoms with van der Waals surface area (Å²) in [5.74, 6) is -1.30. The number of aliphatic hydroxyl groups excluding tert-OH is 5. The van der Waals surface area contributed by atoms with Crippen molar-refractivity contribution < 1.29 is 49.3 Å². The van der Waals surface area contributed by atoms with Crippen LogP contribution in [0, 0.1) is 0 Å². The number of esters is 1. The summed E-state index contributed by atoms with van der Waals surface area (Å²) in [5, 5.41) is 56.8. The van der Waals surface area contributed by atoms with Crippen LogP contribution in [0.3, 0.4) is 0 Å². The highest BCUT2D eigenvalue weighted by Gasteiger charge is 2.47. The van der Waals surface area contributed by atoms with Gasteiger partial charge in [0.05, 0.1) is 25.4 Å². The Morgan fingerprint density at radius 2 is 0.908 bits per heavy atom. The van der Waals surface area contributed by atoms with Crippen LogP contribution >= 0.6 is 0 Å². The van der Waals surface area contributed by atoms with Crippen molar-refractivity contribution in [1.29, 1.82) is 0 Å². The molecule has 434 valence electrons. The SMILES string of the molecule is CCCCC/C=C\C/C=C\C/C=C\C/C=C\CCCCC(O)C(=O)NC(COC1OC(CO)C(O)C(O)C1OC(=O)CCC/C=C\C/C=C\C/C=C\C/C=C\CCCCC)C(O)/C=C/CCCCCCCCCCCC. The second-order valence-electron chi connectivity index (χ2n) is 20.4. The van der Waals surface area contributed by atoms with Crippen LogP contribution in [0.1, 0.15) is 226 Å². The topological polar surface area (TPSA) is 175 Å². The molecular formula is C65H109NO10. The first-order valence-electron chi connectivity index (χ1n) is 30.2. The van der Waals surface area contributed by atoms with Gasteiger partial charge in [0.1, 0.15) is 24.4 Å². The molecule has 1 aliphatic rings. The summed E-state index contributed by atoms with van der Waals surface area (Å²) in [4.78, 5) is 26.5. The van der Waals surface area contributed by atoms with Gasteiger partial charge in [-0.05, 0) is 109 Å². The van der Waals surface area contributed by atoms with Gasteiger partial charge >= 0.3 is 5.97 Å². The molecule has 0 aromatic heterocycles. The number of carbonyl (C=O) groups excluding carboxylic acids is 2. The largest absolute Gasteiger partial charge is 0.454 e. The summed E-state index contributed by atoms with van der Waals surface area (Å²) in [5.41, 5.74) is 0. The number of ether oxygens (including phenoxy) is 3. The fourth-order valence-corrected chi connectivity index (χ4v) is 8.57. The van der Waals surface area contributed by atoms with E-state index in [-0.39, 0.29) is 19.4 Å². The highest BCUT2D eigenvalue weighted by atomic mass is 16.7. The maximum atomic E-state index is 13.4. The molecule has 11 nitrogen and oxygen atoms in total. The van der Waals surface area contributed by atoms with Gasteiger partial charge in [-0.1, -0.05) is 220 Å². The molecule has 1 heterocycles. The lowest BCUT2D eigenvalue weighted by Crippen LogP contribution is -2.61. The monoisotopic (exact) mass is 1060 g/mol. The summed E-state index contributed by atoms with van der Waals surface area (Å²) in [6, 6.07) is -1.06. The Morgan fingerprint density at radius 1 is 0.513 bits per heavy atom. The Kier molecular flexibility index (Phi) is 48.2. The summed E-state index contributed by atoms with van der Waals surface area (Å²) >= 11 is 0. The molecular weight excluding hydrogens is 955 g/mol. The van der Waals surface area contributed by atoms with Gasteiger partial charge in [-0.3, -0.25) is 9.59 Å². The molecule has 1 aliphatic heterocycles. The van der Waals surface area contributed by atoms with Gasteiger partial charge in [0.2, 0.25) is 5.91 Å². The highest BCUT2D eigenvalue weighted by molar-refractivity contribution is 5.80. The number of carbonyl (C=O) groups is 2. The quantitative estimate of drug-likeness (QED) is 0.0195. The van der Waals surface area contributed by atoms with Crippen molar-refractivity contribution in [3.63, 3.8) is 0 Å². The van der Waals surface area contributed by atoms with Crippen LogP contribution in [0.15, 0.2) is 109 Å². The summed E-state index contributed by atoms with van der Waals surface area (Å²) in [6.07, 6.45) is 59.8. The molecule has 1 saturated heterocycles. The van der Waals surface area contributed by atoms with Gasteiger partial charge in [-0.2, -0.15) is 0 Å². The predicted octanol–water partition coefficient (Wildman–Crippen LogP) is 14.1. The number of hydrogen-bond donors (Lipinski definition) is 6. The number of unbranched alkanes of at least 4 members (excludes halogenated alkanes) is 19. The van der Waals surface area contributed by atoms with Crippen molar-refractivity contribution in [3.8, 4) is 0 Å². The Morgan fingerprint density at radius 3 is 1.38 bits per heavy atom. The molecule has 1 rings (SSSR count). The van der Waals surface area contributed by atoms with E-state index in [1.165, 1.54) is 83.5 Å². The number of amides is 1. The van der Waals surface area contributed by atoms with Crippen molar-refractivity contribution in [2.75, 3.05) is 13.2 Å².